The number of aromatic nitrogens is 3. The number of hydrogen-bond donors (Lipinski definition) is 2. The average molecular weight is 389 g/mol. The number of carbonyl (C=O) groups is 2. The Balaban J connectivity index is 1.57. The average Bonchev–Trinajstić information content (AvgIpc) is 3.17. The summed E-state index contributed by atoms with van der Waals surface area (Å²) in [6, 6.07) is 0. The Morgan fingerprint density at radius 2 is 2.22 bits per heavy atom. The van der Waals surface area contributed by atoms with Crippen LogP contribution in [0.5, 0.6) is 0 Å². The quantitative estimate of drug-likeness (QED) is 0.795. The summed E-state index contributed by atoms with van der Waals surface area (Å²) >= 11 is 1.38. The maximum absolute atomic E-state index is 12.7. The number of hydrogen-bond acceptors (Lipinski definition) is 6. The number of amides is 2. The molecule has 2 aromatic heterocycles. The number of nitrogens with one attached hydrogen (secondary N) is 2. The van der Waals surface area contributed by atoms with Gasteiger partial charge in [0, 0.05) is 36.3 Å². The Bertz CT molecular complexity index is 878. The fourth-order valence-corrected chi connectivity index (χ4v) is 3.86. The van der Waals surface area contributed by atoms with E-state index in [0.29, 0.717) is 42.4 Å². The molecule has 1 fully saturated rings. The summed E-state index contributed by atoms with van der Waals surface area (Å²) in [5.74, 6) is 0.473. The van der Waals surface area contributed by atoms with Crippen molar-refractivity contribution in [2.75, 3.05) is 19.6 Å². The minimum absolute atomic E-state index is 0.0480. The van der Waals surface area contributed by atoms with Gasteiger partial charge in [-0.15, -0.1) is 11.3 Å². The number of likely N-dealkylation sites (tertiary alicyclic amines) is 1. The second-order valence-electron chi connectivity index (χ2n) is 6.82. The molecule has 0 saturated carbocycles. The number of thiazole rings is 1. The van der Waals surface area contributed by atoms with Gasteiger partial charge in [-0.25, -0.2) is 9.97 Å². The normalized spacial score (nSPS) is 17.0. The largest absolute Gasteiger partial charge is 0.350 e. The zero-order valence-corrected chi connectivity index (χ0v) is 16.3. The molecule has 144 valence electrons. The lowest BCUT2D eigenvalue weighted by atomic mass is 9.97. The Morgan fingerprint density at radius 3 is 2.93 bits per heavy atom. The van der Waals surface area contributed by atoms with Crippen molar-refractivity contribution in [1.82, 2.24) is 25.2 Å². The smallest absolute Gasteiger partial charge is 0.270 e. The lowest BCUT2D eigenvalue weighted by molar-refractivity contribution is -0.132. The van der Waals surface area contributed by atoms with E-state index in [0.717, 1.165) is 12.8 Å². The van der Waals surface area contributed by atoms with Crippen molar-refractivity contribution in [1.29, 1.82) is 0 Å². The summed E-state index contributed by atoms with van der Waals surface area (Å²) in [5, 5.41) is 4.60. The predicted molar refractivity (Wildman–Crippen MR) is 102 cm³/mol. The third-order valence-corrected chi connectivity index (χ3v) is 5.34. The zero-order valence-electron chi connectivity index (χ0n) is 15.4. The van der Waals surface area contributed by atoms with Crippen LogP contribution in [0.3, 0.4) is 0 Å². The van der Waals surface area contributed by atoms with E-state index < -0.39 is 0 Å². The van der Waals surface area contributed by atoms with Gasteiger partial charge in [0.15, 0.2) is 0 Å². The van der Waals surface area contributed by atoms with E-state index in [1.54, 1.807) is 29.6 Å². The minimum Gasteiger partial charge on any atom is -0.350 e. The molecule has 2 amide bonds. The van der Waals surface area contributed by atoms with Gasteiger partial charge < -0.3 is 15.2 Å². The first-order valence-corrected chi connectivity index (χ1v) is 9.89. The molecule has 1 atom stereocenters. The fourth-order valence-electron chi connectivity index (χ4n) is 3.33. The van der Waals surface area contributed by atoms with Gasteiger partial charge in [-0.2, -0.15) is 0 Å². The molecular weight excluding hydrogens is 366 g/mol. The predicted octanol–water partition coefficient (Wildman–Crippen LogP) is 1.05. The summed E-state index contributed by atoms with van der Waals surface area (Å²) < 4.78 is 0. The van der Waals surface area contributed by atoms with E-state index in [-0.39, 0.29) is 29.7 Å². The first kappa shape index (κ1) is 19.2. The molecular formula is C18H23N5O3S. The van der Waals surface area contributed by atoms with Crippen molar-refractivity contribution in [3.63, 3.8) is 0 Å². The van der Waals surface area contributed by atoms with Crippen molar-refractivity contribution in [3.8, 4) is 0 Å². The van der Waals surface area contributed by atoms with E-state index >= 15 is 0 Å². The lowest BCUT2D eigenvalue weighted by Crippen LogP contribution is -2.44. The molecule has 0 bridgehead atoms. The molecule has 0 aromatic carbocycles. The van der Waals surface area contributed by atoms with Crippen LogP contribution < -0.4 is 10.9 Å². The zero-order chi connectivity index (χ0) is 19.4. The first-order chi connectivity index (χ1) is 12.9. The number of rotatable bonds is 5. The van der Waals surface area contributed by atoms with Crippen molar-refractivity contribution >= 4 is 23.2 Å². The van der Waals surface area contributed by atoms with E-state index in [1.807, 2.05) is 0 Å². The van der Waals surface area contributed by atoms with Gasteiger partial charge in [0.05, 0.1) is 11.9 Å². The SMILES string of the molecule is Cc1nc(C)c(CC(=O)N2CCCC(CNC(=O)c3cscn3)C2)c(=O)[nH]1. The van der Waals surface area contributed by atoms with Gasteiger partial charge >= 0.3 is 0 Å². The lowest BCUT2D eigenvalue weighted by Gasteiger charge is -2.33. The maximum Gasteiger partial charge on any atom is 0.270 e. The highest BCUT2D eigenvalue weighted by molar-refractivity contribution is 7.07. The van der Waals surface area contributed by atoms with Gasteiger partial charge in [0.1, 0.15) is 11.5 Å². The van der Waals surface area contributed by atoms with Gasteiger partial charge in [0.25, 0.3) is 11.5 Å². The molecule has 0 spiro atoms. The number of H-pyrrole nitrogens is 1. The Hall–Kier alpha value is -2.55. The van der Waals surface area contributed by atoms with Crippen LogP contribution in [0.25, 0.3) is 0 Å². The Labute approximate surface area is 161 Å². The van der Waals surface area contributed by atoms with Crippen LogP contribution in [0.4, 0.5) is 0 Å². The second-order valence-corrected chi connectivity index (χ2v) is 7.54. The van der Waals surface area contributed by atoms with E-state index in [4.69, 9.17) is 0 Å². The standard InChI is InChI=1S/C18H23N5O3S/c1-11-14(17(25)22-12(2)21-11)6-16(24)23-5-3-4-13(8-23)7-19-18(26)15-9-27-10-20-15/h9-10,13H,3-8H2,1-2H3,(H,19,26)(H,21,22,25). The summed E-state index contributed by atoms with van der Waals surface area (Å²) in [4.78, 5) is 49.5. The molecule has 3 heterocycles. The molecule has 2 aromatic rings. The van der Waals surface area contributed by atoms with Crippen molar-refractivity contribution in [2.24, 2.45) is 5.92 Å². The topological polar surface area (TPSA) is 108 Å². The summed E-state index contributed by atoms with van der Waals surface area (Å²) in [6.07, 6.45) is 1.88. The van der Waals surface area contributed by atoms with Crippen molar-refractivity contribution in [3.05, 3.63) is 44.0 Å². The molecule has 9 heteroatoms. The molecule has 0 radical (unpaired) electrons. The number of aryl methyl sites for hydroxylation is 2. The molecule has 3 rings (SSSR count). The molecule has 1 unspecified atom stereocenters. The number of aromatic amines is 1. The van der Waals surface area contributed by atoms with Crippen LogP contribution in [-0.4, -0.2) is 51.3 Å². The maximum atomic E-state index is 12.7. The van der Waals surface area contributed by atoms with E-state index in [2.05, 4.69) is 20.3 Å². The van der Waals surface area contributed by atoms with Crippen LogP contribution in [-0.2, 0) is 11.2 Å². The third-order valence-electron chi connectivity index (χ3n) is 4.76. The van der Waals surface area contributed by atoms with Gasteiger partial charge in [-0.3, -0.25) is 14.4 Å². The molecule has 27 heavy (non-hydrogen) atoms. The van der Waals surface area contributed by atoms with Crippen LogP contribution in [0, 0.1) is 19.8 Å². The van der Waals surface area contributed by atoms with Gasteiger partial charge in [0.2, 0.25) is 5.91 Å². The van der Waals surface area contributed by atoms with Crippen LogP contribution >= 0.6 is 11.3 Å². The highest BCUT2D eigenvalue weighted by Crippen LogP contribution is 2.17. The molecule has 2 N–H and O–H groups in total. The van der Waals surface area contributed by atoms with Crippen LogP contribution in [0.2, 0.25) is 0 Å². The molecule has 1 aliphatic rings. The number of piperidine rings is 1. The molecule has 8 nitrogen and oxygen atoms in total. The molecule has 0 aliphatic carbocycles. The number of nitrogens with zero attached hydrogens (tertiary/aromatic N) is 3. The Morgan fingerprint density at radius 1 is 1.41 bits per heavy atom. The van der Waals surface area contributed by atoms with Crippen LogP contribution in [0.15, 0.2) is 15.7 Å². The van der Waals surface area contributed by atoms with Crippen molar-refractivity contribution in [2.45, 2.75) is 33.1 Å². The van der Waals surface area contributed by atoms with Crippen molar-refractivity contribution < 1.29 is 9.59 Å². The number of carbonyl (C=O) groups excluding carboxylic acids is 2. The third kappa shape index (κ3) is 4.79. The fraction of sp³-hybridized carbons (Fsp3) is 0.500. The first-order valence-electron chi connectivity index (χ1n) is 8.94. The van der Waals surface area contributed by atoms with E-state index in [1.165, 1.54) is 11.3 Å². The summed E-state index contributed by atoms with van der Waals surface area (Å²) in [5.41, 5.74) is 2.81. The Kier molecular flexibility index (Phi) is 6.00. The van der Waals surface area contributed by atoms with Gasteiger partial charge in [-0.05, 0) is 32.6 Å². The van der Waals surface area contributed by atoms with Crippen LogP contribution in [0.1, 0.15) is 40.4 Å². The summed E-state index contributed by atoms with van der Waals surface area (Å²) in [6.45, 7) is 5.22. The van der Waals surface area contributed by atoms with E-state index in [9.17, 15) is 14.4 Å². The highest BCUT2D eigenvalue weighted by atomic mass is 32.1. The van der Waals surface area contributed by atoms with Gasteiger partial charge in [-0.1, -0.05) is 0 Å². The highest BCUT2D eigenvalue weighted by Gasteiger charge is 2.25. The molecule has 1 aliphatic heterocycles. The minimum atomic E-state index is -0.252. The molecule has 1 saturated heterocycles. The summed E-state index contributed by atoms with van der Waals surface area (Å²) in [7, 11) is 0. The monoisotopic (exact) mass is 389 g/mol. The second kappa shape index (κ2) is 8.43.